The van der Waals surface area contributed by atoms with Crippen LogP contribution in [0.1, 0.15) is 13.8 Å². The van der Waals surface area contributed by atoms with Gasteiger partial charge in [0, 0.05) is 19.7 Å². The molecule has 0 amide bonds. The number of rotatable bonds is 7. The van der Waals surface area contributed by atoms with Crippen molar-refractivity contribution >= 4 is 0 Å². The van der Waals surface area contributed by atoms with Crippen LogP contribution in [0.5, 0.6) is 0 Å². The Labute approximate surface area is 87.9 Å². The minimum atomic E-state index is -4.55. The van der Waals surface area contributed by atoms with Gasteiger partial charge >= 0.3 is 6.36 Å². The van der Waals surface area contributed by atoms with E-state index < -0.39 is 6.36 Å². The zero-order valence-electron chi connectivity index (χ0n) is 9.23. The van der Waals surface area contributed by atoms with Crippen LogP contribution in [0.3, 0.4) is 0 Å². The molecule has 6 heteroatoms. The van der Waals surface area contributed by atoms with Crippen LogP contribution in [-0.4, -0.2) is 39.3 Å². The quantitative estimate of drug-likeness (QED) is 0.675. The maximum Gasteiger partial charge on any atom is 0.522 e. The summed E-state index contributed by atoms with van der Waals surface area (Å²) in [5.41, 5.74) is 0. The predicted octanol–water partition coefficient (Wildman–Crippen LogP) is 1.78. The van der Waals surface area contributed by atoms with Crippen LogP contribution in [0.4, 0.5) is 13.2 Å². The van der Waals surface area contributed by atoms with Gasteiger partial charge in [0.05, 0.1) is 13.2 Å². The molecule has 0 spiro atoms. The molecule has 0 radical (unpaired) electrons. The second-order valence-corrected chi connectivity index (χ2v) is 3.55. The molecule has 1 unspecified atom stereocenters. The van der Waals surface area contributed by atoms with Crippen molar-refractivity contribution in [1.82, 2.24) is 5.32 Å². The van der Waals surface area contributed by atoms with Crippen molar-refractivity contribution in [3.8, 4) is 0 Å². The molecule has 0 saturated carbocycles. The van der Waals surface area contributed by atoms with Gasteiger partial charge in [-0.05, 0) is 5.92 Å². The number of ether oxygens (including phenoxy) is 2. The van der Waals surface area contributed by atoms with Crippen LogP contribution in [0.15, 0.2) is 0 Å². The van der Waals surface area contributed by atoms with Crippen molar-refractivity contribution in [3.63, 3.8) is 0 Å². The topological polar surface area (TPSA) is 30.5 Å². The third kappa shape index (κ3) is 8.65. The molecule has 1 atom stereocenters. The van der Waals surface area contributed by atoms with E-state index in [0.717, 1.165) is 0 Å². The Hall–Kier alpha value is -0.330. The van der Waals surface area contributed by atoms with Crippen molar-refractivity contribution in [2.45, 2.75) is 26.3 Å². The maximum absolute atomic E-state index is 11.6. The first-order chi connectivity index (χ1) is 6.87. The predicted molar refractivity (Wildman–Crippen MR) is 50.5 cm³/mol. The summed E-state index contributed by atoms with van der Waals surface area (Å²) in [6.07, 6.45) is -4.55. The normalized spacial score (nSPS) is 14.6. The SMILES string of the molecule is COCC(NCCOC(F)(F)F)C(C)C. The molecule has 0 aromatic carbocycles. The number of hydrogen-bond acceptors (Lipinski definition) is 3. The van der Waals surface area contributed by atoms with Gasteiger partial charge in [0.25, 0.3) is 0 Å². The standard InChI is InChI=1S/C9H18F3NO2/c1-7(2)8(6-14-3)13-4-5-15-9(10,11)12/h7-8,13H,4-6H2,1-3H3. The summed E-state index contributed by atoms with van der Waals surface area (Å²) >= 11 is 0. The van der Waals surface area contributed by atoms with E-state index in [1.807, 2.05) is 13.8 Å². The van der Waals surface area contributed by atoms with Crippen molar-refractivity contribution in [2.75, 3.05) is 26.9 Å². The van der Waals surface area contributed by atoms with Crippen molar-refractivity contribution in [1.29, 1.82) is 0 Å². The van der Waals surface area contributed by atoms with Gasteiger partial charge in [0.15, 0.2) is 0 Å². The molecule has 1 N–H and O–H groups in total. The number of nitrogens with one attached hydrogen (secondary N) is 1. The molecule has 3 nitrogen and oxygen atoms in total. The van der Waals surface area contributed by atoms with Gasteiger partial charge in [-0.25, -0.2) is 0 Å². The number of methoxy groups -OCH3 is 1. The van der Waals surface area contributed by atoms with E-state index in [0.29, 0.717) is 12.5 Å². The molecular weight excluding hydrogens is 211 g/mol. The van der Waals surface area contributed by atoms with E-state index in [9.17, 15) is 13.2 Å². The maximum atomic E-state index is 11.6. The molecule has 15 heavy (non-hydrogen) atoms. The Bertz CT molecular complexity index is 162. The summed E-state index contributed by atoms with van der Waals surface area (Å²) in [7, 11) is 1.56. The molecular formula is C9H18F3NO2. The lowest BCUT2D eigenvalue weighted by molar-refractivity contribution is -0.323. The molecule has 0 fully saturated rings. The molecule has 0 aliphatic rings. The summed E-state index contributed by atoms with van der Waals surface area (Å²) < 4.78 is 43.4. The summed E-state index contributed by atoms with van der Waals surface area (Å²) in [5, 5.41) is 2.94. The van der Waals surface area contributed by atoms with Crippen LogP contribution in [0, 0.1) is 5.92 Å². The molecule has 0 aliphatic heterocycles. The minimum absolute atomic E-state index is 0.0480. The Morgan fingerprint density at radius 1 is 1.27 bits per heavy atom. The van der Waals surface area contributed by atoms with Gasteiger partial charge in [-0.1, -0.05) is 13.8 Å². The van der Waals surface area contributed by atoms with Gasteiger partial charge < -0.3 is 10.1 Å². The third-order valence-corrected chi connectivity index (χ3v) is 1.93. The molecule has 0 saturated heterocycles. The highest BCUT2D eigenvalue weighted by Crippen LogP contribution is 2.15. The third-order valence-electron chi connectivity index (χ3n) is 1.93. The van der Waals surface area contributed by atoms with E-state index in [4.69, 9.17) is 4.74 Å². The number of halogens is 3. The molecule has 0 aromatic heterocycles. The number of hydrogen-bond donors (Lipinski definition) is 1. The van der Waals surface area contributed by atoms with E-state index in [1.54, 1.807) is 7.11 Å². The summed E-state index contributed by atoms with van der Waals surface area (Å²) in [5.74, 6) is 0.302. The van der Waals surface area contributed by atoms with Crippen molar-refractivity contribution < 1.29 is 22.6 Å². The Balaban J connectivity index is 3.62. The molecule has 0 bridgehead atoms. The van der Waals surface area contributed by atoms with Crippen LogP contribution < -0.4 is 5.32 Å². The highest BCUT2D eigenvalue weighted by molar-refractivity contribution is 4.69. The van der Waals surface area contributed by atoms with Gasteiger partial charge in [-0.2, -0.15) is 0 Å². The summed E-state index contributed by atoms with van der Waals surface area (Å²) in [4.78, 5) is 0. The lowest BCUT2D eigenvalue weighted by Crippen LogP contribution is -2.40. The van der Waals surface area contributed by atoms with Gasteiger partial charge in [-0.3, -0.25) is 4.74 Å². The lowest BCUT2D eigenvalue weighted by atomic mass is 10.1. The van der Waals surface area contributed by atoms with Crippen LogP contribution in [0.25, 0.3) is 0 Å². The summed E-state index contributed by atoms with van der Waals surface area (Å²) in [6.45, 7) is 4.20. The fraction of sp³-hybridized carbons (Fsp3) is 1.00. The van der Waals surface area contributed by atoms with Crippen LogP contribution >= 0.6 is 0 Å². The lowest BCUT2D eigenvalue weighted by Gasteiger charge is -2.21. The zero-order chi connectivity index (χ0) is 11.9. The Kier molecular flexibility index (Phi) is 6.87. The average molecular weight is 229 g/mol. The highest BCUT2D eigenvalue weighted by atomic mass is 19.4. The molecule has 0 heterocycles. The molecule has 0 rings (SSSR count). The second-order valence-electron chi connectivity index (χ2n) is 3.55. The van der Waals surface area contributed by atoms with E-state index >= 15 is 0 Å². The van der Waals surface area contributed by atoms with E-state index in [1.165, 1.54) is 0 Å². The first-order valence-electron chi connectivity index (χ1n) is 4.80. The Morgan fingerprint density at radius 2 is 1.87 bits per heavy atom. The zero-order valence-corrected chi connectivity index (χ0v) is 9.23. The van der Waals surface area contributed by atoms with Crippen molar-refractivity contribution in [2.24, 2.45) is 5.92 Å². The average Bonchev–Trinajstić information content (AvgIpc) is 2.08. The number of alkyl halides is 3. The van der Waals surface area contributed by atoms with Crippen molar-refractivity contribution in [3.05, 3.63) is 0 Å². The summed E-state index contributed by atoms with van der Waals surface area (Å²) in [6, 6.07) is 0.0480. The Morgan fingerprint density at radius 3 is 2.27 bits per heavy atom. The van der Waals surface area contributed by atoms with E-state index in [-0.39, 0.29) is 19.2 Å². The smallest absolute Gasteiger partial charge is 0.383 e. The first kappa shape index (κ1) is 14.7. The molecule has 0 aliphatic carbocycles. The molecule has 92 valence electrons. The first-order valence-corrected chi connectivity index (χ1v) is 4.80. The second kappa shape index (κ2) is 7.03. The van der Waals surface area contributed by atoms with Crippen LogP contribution in [0.2, 0.25) is 0 Å². The minimum Gasteiger partial charge on any atom is -0.383 e. The van der Waals surface area contributed by atoms with E-state index in [2.05, 4.69) is 10.1 Å². The monoisotopic (exact) mass is 229 g/mol. The fourth-order valence-corrected chi connectivity index (χ4v) is 1.08. The highest BCUT2D eigenvalue weighted by Gasteiger charge is 2.28. The van der Waals surface area contributed by atoms with Gasteiger partial charge in [-0.15, -0.1) is 13.2 Å². The van der Waals surface area contributed by atoms with Gasteiger partial charge in [0.2, 0.25) is 0 Å². The van der Waals surface area contributed by atoms with Gasteiger partial charge in [0.1, 0.15) is 0 Å². The largest absolute Gasteiger partial charge is 0.522 e. The van der Waals surface area contributed by atoms with Crippen LogP contribution in [-0.2, 0) is 9.47 Å². The molecule has 0 aromatic rings. The fourth-order valence-electron chi connectivity index (χ4n) is 1.08.